The molecule has 1 atom stereocenters. The minimum absolute atomic E-state index is 0.731. The zero-order chi connectivity index (χ0) is 18.5. The zero-order valence-corrected chi connectivity index (χ0v) is 16.3. The molecule has 0 aliphatic heterocycles. The quantitative estimate of drug-likeness (QED) is 0.651. The first-order valence-corrected chi connectivity index (χ1v) is 9.19. The third-order valence-corrected chi connectivity index (χ3v) is 5.04. The van der Waals surface area contributed by atoms with E-state index in [1.54, 1.807) is 7.11 Å². The molecular weight excluding hydrogens is 344 g/mol. The monoisotopic (exact) mass is 369 g/mol. The highest BCUT2D eigenvalue weighted by molar-refractivity contribution is 7.71. The molecule has 2 aromatic carbocycles. The van der Waals surface area contributed by atoms with Crippen molar-refractivity contribution in [3.63, 3.8) is 0 Å². The van der Waals surface area contributed by atoms with Gasteiger partial charge in [-0.05, 0) is 43.4 Å². The lowest BCUT2D eigenvalue weighted by molar-refractivity contribution is -0.935. The highest BCUT2D eigenvalue weighted by atomic mass is 32.1. The number of hydrogen-bond donors (Lipinski definition) is 1. The summed E-state index contributed by atoms with van der Waals surface area (Å²) in [6, 6.07) is 18.4. The largest absolute Gasteiger partial charge is 0.497 e. The Morgan fingerprint density at radius 1 is 1.08 bits per heavy atom. The fraction of sp³-hybridized carbons (Fsp3) is 0.300. The molecule has 3 aromatic rings. The summed E-state index contributed by atoms with van der Waals surface area (Å²) < 4.78 is 9.86. The van der Waals surface area contributed by atoms with Gasteiger partial charge in [-0.2, -0.15) is 4.68 Å². The first-order chi connectivity index (χ1) is 12.6. The molecule has 0 saturated heterocycles. The molecule has 26 heavy (non-hydrogen) atoms. The van der Waals surface area contributed by atoms with Crippen LogP contribution in [0, 0.1) is 4.77 Å². The summed E-state index contributed by atoms with van der Waals surface area (Å²) >= 11 is 5.62. The molecule has 0 bridgehead atoms. The number of nitrogens with zero attached hydrogens (tertiary/aromatic N) is 3. The number of hydrogen-bond acceptors (Lipinski definition) is 3. The van der Waals surface area contributed by atoms with Gasteiger partial charge in [-0.1, -0.05) is 30.3 Å². The molecule has 5 nitrogen and oxygen atoms in total. The number of quaternary nitrogens is 1. The average Bonchev–Trinajstić information content (AvgIpc) is 2.96. The number of nitrogens with one attached hydrogen (secondary N) is 1. The van der Waals surface area contributed by atoms with Crippen molar-refractivity contribution in [2.24, 2.45) is 7.05 Å². The van der Waals surface area contributed by atoms with E-state index in [0.717, 1.165) is 41.7 Å². The molecule has 0 amide bonds. The molecule has 1 unspecified atom stereocenters. The molecule has 0 fully saturated rings. The lowest BCUT2D eigenvalue weighted by Crippen LogP contribution is -3.09. The van der Waals surface area contributed by atoms with E-state index in [9.17, 15) is 0 Å². The maximum absolute atomic E-state index is 5.62. The van der Waals surface area contributed by atoms with Crippen molar-refractivity contribution >= 4 is 12.2 Å². The van der Waals surface area contributed by atoms with Gasteiger partial charge in [0.05, 0.1) is 13.7 Å². The fourth-order valence-electron chi connectivity index (χ4n) is 2.97. The molecule has 136 valence electrons. The summed E-state index contributed by atoms with van der Waals surface area (Å²) in [4.78, 5) is 1.41. The Labute approximate surface area is 159 Å². The summed E-state index contributed by atoms with van der Waals surface area (Å²) in [7, 11) is 3.63. The molecule has 6 heteroatoms. The predicted octanol–water partition coefficient (Wildman–Crippen LogP) is 2.69. The summed E-state index contributed by atoms with van der Waals surface area (Å²) in [6.07, 6.45) is 0. The van der Waals surface area contributed by atoms with Gasteiger partial charge < -0.3 is 14.2 Å². The van der Waals surface area contributed by atoms with Crippen LogP contribution in [0.15, 0.2) is 54.6 Å². The maximum Gasteiger partial charge on any atom is 0.202 e. The van der Waals surface area contributed by atoms with Crippen LogP contribution in [-0.4, -0.2) is 28.0 Å². The molecule has 0 aliphatic rings. The van der Waals surface area contributed by atoms with Crippen molar-refractivity contribution in [3.05, 3.63) is 64.9 Å². The molecule has 0 spiro atoms. The van der Waals surface area contributed by atoms with E-state index in [4.69, 9.17) is 22.1 Å². The standard InChI is InChI=1S/C20H24N4OS/c1-4-23(14-16-8-6-5-7-9-16)15-24-20(26)22(2)19(21-24)17-10-12-18(25-3)13-11-17/h5-13H,4,14-15H2,1-3H3/p+1. The number of methoxy groups -OCH3 is 1. The van der Waals surface area contributed by atoms with E-state index in [0.29, 0.717) is 0 Å². The predicted molar refractivity (Wildman–Crippen MR) is 106 cm³/mol. The van der Waals surface area contributed by atoms with E-state index >= 15 is 0 Å². The first-order valence-electron chi connectivity index (χ1n) is 8.78. The molecule has 0 aliphatic carbocycles. The number of benzene rings is 2. The van der Waals surface area contributed by atoms with Crippen molar-refractivity contribution < 1.29 is 9.64 Å². The Morgan fingerprint density at radius 3 is 2.38 bits per heavy atom. The lowest BCUT2D eigenvalue weighted by atomic mass is 10.2. The van der Waals surface area contributed by atoms with Gasteiger partial charge in [0.1, 0.15) is 12.3 Å². The average molecular weight is 370 g/mol. The van der Waals surface area contributed by atoms with Crippen molar-refractivity contribution in [3.8, 4) is 17.1 Å². The number of ether oxygens (including phenoxy) is 1. The van der Waals surface area contributed by atoms with E-state index in [2.05, 4.69) is 31.2 Å². The van der Waals surface area contributed by atoms with Gasteiger partial charge in [0.15, 0.2) is 12.5 Å². The molecular formula is C20H25N4OS+. The smallest absolute Gasteiger partial charge is 0.202 e. The second-order valence-corrected chi connectivity index (χ2v) is 6.68. The molecule has 1 aromatic heterocycles. The van der Waals surface area contributed by atoms with Gasteiger partial charge in [-0.15, -0.1) is 5.10 Å². The van der Waals surface area contributed by atoms with Crippen LogP contribution in [0.2, 0.25) is 0 Å². The highest BCUT2D eigenvalue weighted by Gasteiger charge is 2.14. The van der Waals surface area contributed by atoms with Crippen molar-refractivity contribution in [2.45, 2.75) is 20.1 Å². The normalized spacial score (nSPS) is 12.1. The van der Waals surface area contributed by atoms with Crippen LogP contribution >= 0.6 is 12.2 Å². The van der Waals surface area contributed by atoms with Crippen molar-refractivity contribution in [1.82, 2.24) is 14.3 Å². The Bertz CT molecular complexity index is 900. The summed E-state index contributed by atoms with van der Waals surface area (Å²) in [5.74, 6) is 1.70. The van der Waals surface area contributed by atoms with E-state index in [1.807, 2.05) is 46.6 Å². The highest BCUT2D eigenvalue weighted by Crippen LogP contribution is 2.20. The molecule has 3 rings (SSSR count). The minimum atomic E-state index is 0.731. The van der Waals surface area contributed by atoms with Crippen LogP contribution in [0.3, 0.4) is 0 Å². The second kappa shape index (κ2) is 8.29. The van der Waals surface area contributed by atoms with Gasteiger partial charge in [-0.3, -0.25) is 0 Å². The molecule has 0 radical (unpaired) electrons. The Morgan fingerprint density at radius 2 is 1.77 bits per heavy atom. The third kappa shape index (κ3) is 4.03. The fourth-order valence-corrected chi connectivity index (χ4v) is 3.16. The Hall–Kier alpha value is -2.44. The minimum Gasteiger partial charge on any atom is -0.497 e. The Kier molecular flexibility index (Phi) is 5.85. The molecule has 1 heterocycles. The van der Waals surface area contributed by atoms with Gasteiger partial charge in [0, 0.05) is 18.2 Å². The van der Waals surface area contributed by atoms with Crippen LogP contribution < -0.4 is 9.64 Å². The van der Waals surface area contributed by atoms with Gasteiger partial charge in [0.2, 0.25) is 4.77 Å². The van der Waals surface area contributed by atoms with Crippen LogP contribution in [0.1, 0.15) is 12.5 Å². The maximum atomic E-state index is 5.62. The van der Waals surface area contributed by atoms with Gasteiger partial charge in [-0.25, -0.2) is 0 Å². The van der Waals surface area contributed by atoms with Gasteiger partial charge >= 0.3 is 0 Å². The summed E-state index contributed by atoms with van der Waals surface area (Å²) in [5.41, 5.74) is 2.35. The van der Waals surface area contributed by atoms with Crippen molar-refractivity contribution in [2.75, 3.05) is 13.7 Å². The third-order valence-electron chi connectivity index (χ3n) is 4.56. The van der Waals surface area contributed by atoms with Crippen LogP contribution in [-0.2, 0) is 20.3 Å². The van der Waals surface area contributed by atoms with Gasteiger partial charge in [0.25, 0.3) is 0 Å². The summed E-state index contributed by atoms with van der Waals surface area (Å²) in [6.45, 7) is 4.89. The molecule has 1 N–H and O–H groups in total. The van der Waals surface area contributed by atoms with E-state index < -0.39 is 0 Å². The van der Waals surface area contributed by atoms with E-state index in [-0.39, 0.29) is 0 Å². The van der Waals surface area contributed by atoms with Crippen LogP contribution in [0.4, 0.5) is 0 Å². The second-order valence-electron chi connectivity index (χ2n) is 6.32. The van der Waals surface area contributed by atoms with E-state index in [1.165, 1.54) is 10.5 Å². The molecule has 0 saturated carbocycles. The van der Waals surface area contributed by atoms with Crippen LogP contribution in [0.5, 0.6) is 5.75 Å². The van der Waals surface area contributed by atoms with Crippen LogP contribution in [0.25, 0.3) is 11.4 Å². The topological polar surface area (TPSA) is 36.4 Å². The number of rotatable bonds is 7. The lowest BCUT2D eigenvalue weighted by Gasteiger charge is -2.17. The zero-order valence-electron chi connectivity index (χ0n) is 15.5. The number of aromatic nitrogens is 3. The first kappa shape index (κ1) is 18.4. The summed E-state index contributed by atoms with van der Waals surface area (Å²) in [5, 5.41) is 4.78. The van der Waals surface area contributed by atoms with Crippen molar-refractivity contribution in [1.29, 1.82) is 0 Å². The SMILES string of the molecule is CC[NH+](Cc1ccccc1)Cn1nc(-c2ccc(OC)cc2)n(C)c1=S. The Balaban J connectivity index is 1.82.